The number of halogens is 4. The molecule has 3 nitrogen and oxygen atoms in total. The van der Waals surface area contributed by atoms with Crippen molar-refractivity contribution in [1.82, 2.24) is 0 Å². The van der Waals surface area contributed by atoms with Gasteiger partial charge in [-0.05, 0) is 24.1 Å². The quantitative estimate of drug-likeness (QED) is 0.773. The highest BCUT2D eigenvalue weighted by molar-refractivity contribution is 9.10. The lowest BCUT2D eigenvalue weighted by Gasteiger charge is -2.20. The molecule has 0 spiro atoms. The van der Waals surface area contributed by atoms with Crippen LogP contribution in [-0.2, 0) is 4.79 Å². The first-order valence-corrected chi connectivity index (χ1v) is 6.94. The van der Waals surface area contributed by atoms with Crippen molar-refractivity contribution in [1.29, 1.82) is 0 Å². The molecule has 1 atom stereocenters. The Morgan fingerprint density at radius 1 is 1.53 bits per heavy atom. The van der Waals surface area contributed by atoms with Gasteiger partial charge in [0.25, 0.3) is 0 Å². The molecular formula is C12H11BrClF2NO2. The van der Waals surface area contributed by atoms with Gasteiger partial charge in [0.1, 0.15) is 0 Å². The fourth-order valence-electron chi connectivity index (χ4n) is 2.02. The summed E-state index contributed by atoms with van der Waals surface area (Å²) >= 11 is 8.92. The lowest BCUT2D eigenvalue weighted by atomic mass is 10.1. The van der Waals surface area contributed by atoms with Gasteiger partial charge in [0.15, 0.2) is 5.75 Å². The van der Waals surface area contributed by atoms with Gasteiger partial charge < -0.3 is 9.64 Å². The number of anilines is 1. The number of rotatable bonds is 4. The van der Waals surface area contributed by atoms with Crippen molar-refractivity contribution in [2.75, 3.05) is 17.3 Å². The second-order valence-electron chi connectivity index (χ2n) is 4.22. The lowest BCUT2D eigenvalue weighted by molar-refractivity contribution is -0.117. The second kappa shape index (κ2) is 6.05. The Morgan fingerprint density at radius 3 is 2.84 bits per heavy atom. The van der Waals surface area contributed by atoms with Crippen molar-refractivity contribution >= 4 is 39.1 Å². The fourth-order valence-corrected chi connectivity index (χ4v) is 2.57. The van der Waals surface area contributed by atoms with Gasteiger partial charge in [0, 0.05) is 23.3 Å². The normalized spacial score (nSPS) is 19.3. The van der Waals surface area contributed by atoms with Crippen LogP contribution in [0.3, 0.4) is 0 Å². The van der Waals surface area contributed by atoms with Crippen LogP contribution in [0.1, 0.15) is 6.42 Å². The molecular weight excluding hydrogens is 343 g/mol. The van der Waals surface area contributed by atoms with Crippen LogP contribution in [0.25, 0.3) is 0 Å². The van der Waals surface area contributed by atoms with Crippen molar-refractivity contribution in [2.24, 2.45) is 5.92 Å². The number of benzene rings is 1. The molecule has 2 rings (SSSR count). The van der Waals surface area contributed by atoms with Crippen LogP contribution in [-0.4, -0.2) is 24.9 Å². The zero-order valence-corrected chi connectivity index (χ0v) is 12.1. The minimum Gasteiger partial charge on any atom is -0.433 e. The van der Waals surface area contributed by atoms with Gasteiger partial charge in [-0.25, -0.2) is 0 Å². The lowest BCUT2D eigenvalue weighted by Crippen LogP contribution is -2.25. The van der Waals surface area contributed by atoms with Gasteiger partial charge in [-0.1, -0.05) is 15.9 Å². The predicted molar refractivity (Wildman–Crippen MR) is 72.0 cm³/mol. The highest BCUT2D eigenvalue weighted by atomic mass is 79.9. The van der Waals surface area contributed by atoms with Crippen LogP contribution in [0.5, 0.6) is 5.75 Å². The van der Waals surface area contributed by atoms with Crippen molar-refractivity contribution in [2.45, 2.75) is 13.0 Å². The standard InChI is InChI=1S/C12H11BrClF2NO2/c13-8-1-2-9(10(4-8)19-12(15)16)17-6-7(5-14)3-11(17)18/h1-2,4,7,12H,3,5-6H2. The van der Waals surface area contributed by atoms with E-state index in [4.69, 9.17) is 11.6 Å². The molecule has 0 radical (unpaired) electrons. The molecule has 0 bridgehead atoms. The third kappa shape index (κ3) is 3.36. The Hall–Kier alpha value is -0.880. The zero-order chi connectivity index (χ0) is 14.0. The Kier molecular flexibility index (Phi) is 4.62. The molecule has 1 aliphatic rings. The summed E-state index contributed by atoms with van der Waals surface area (Å²) < 4.78 is 29.9. The summed E-state index contributed by atoms with van der Waals surface area (Å²) in [5, 5.41) is 0. The van der Waals surface area contributed by atoms with Crippen LogP contribution >= 0.6 is 27.5 Å². The van der Waals surface area contributed by atoms with Crippen molar-refractivity contribution < 1.29 is 18.3 Å². The molecule has 7 heteroatoms. The second-order valence-corrected chi connectivity index (χ2v) is 5.44. The summed E-state index contributed by atoms with van der Waals surface area (Å²) in [6.45, 7) is -2.52. The number of hydrogen-bond acceptors (Lipinski definition) is 2. The van der Waals surface area contributed by atoms with Crippen LogP contribution < -0.4 is 9.64 Å². The third-order valence-electron chi connectivity index (χ3n) is 2.85. The average Bonchev–Trinajstić information content (AvgIpc) is 2.70. The van der Waals surface area contributed by atoms with Crippen LogP contribution in [0.15, 0.2) is 22.7 Å². The summed E-state index contributed by atoms with van der Waals surface area (Å²) in [5.74, 6) is 0.251. The first-order valence-electron chi connectivity index (χ1n) is 5.62. The maximum atomic E-state index is 12.4. The van der Waals surface area contributed by atoms with Gasteiger partial charge in [0.05, 0.1) is 5.69 Å². The number of alkyl halides is 3. The summed E-state index contributed by atoms with van der Waals surface area (Å²) in [4.78, 5) is 13.3. The van der Waals surface area contributed by atoms with E-state index in [2.05, 4.69) is 20.7 Å². The SMILES string of the molecule is O=C1CC(CCl)CN1c1ccc(Br)cc1OC(F)F. The topological polar surface area (TPSA) is 29.5 Å². The van der Waals surface area contributed by atoms with E-state index >= 15 is 0 Å². The predicted octanol–water partition coefficient (Wildman–Crippen LogP) is 3.64. The van der Waals surface area contributed by atoms with Gasteiger partial charge >= 0.3 is 6.61 Å². The van der Waals surface area contributed by atoms with E-state index in [1.165, 1.54) is 11.0 Å². The van der Waals surface area contributed by atoms with Gasteiger partial charge in [-0.3, -0.25) is 4.79 Å². The number of nitrogens with zero attached hydrogens (tertiary/aromatic N) is 1. The maximum Gasteiger partial charge on any atom is 0.387 e. The van der Waals surface area contributed by atoms with Gasteiger partial charge in [0.2, 0.25) is 5.91 Å². The van der Waals surface area contributed by atoms with Crippen molar-refractivity contribution in [3.63, 3.8) is 0 Å². The molecule has 0 aromatic heterocycles. The van der Waals surface area contributed by atoms with E-state index in [-0.39, 0.29) is 17.6 Å². The van der Waals surface area contributed by atoms with Gasteiger partial charge in [-0.2, -0.15) is 8.78 Å². The first kappa shape index (κ1) is 14.5. The molecule has 1 aliphatic heterocycles. The summed E-state index contributed by atoms with van der Waals surface area (Å²) in [5.41, 5.74) is 0.348. The summed E-state index contributed by atoms with van der Waals surface area (Å²) in [7, 11) is 0. The average molecular weight is 355 g/mol. The molecule has 1 amide bonds. The van der Waals surface area contributed by atoms with E-state index in [9.17, 15) is 13.6 Å². The molecule has 1 aromatic carbocycles. The van der Waals surface area contributed by atoms with Crippen molar-refractivity contribution in [3.05, 3.63) is 22.7 Å². The Balaban J connectivity index is 2.31. The number of ether oxygens (including phenoxy) is 1. The molecule has 19 heavy (non-hydrogen) atoms. The number of carbonyl (C=O) groups excluding carboxylic acids is 1. The highest BCUT2D eigenvalue weighted by Crippen LogP contribution is 2.36. The molecule has 1 saturated heterocycles. The summed E-state index contributed by atoms with van der Waals surface area (Å²) in [6, 6.07) is 4.67. The Labute approximate surface area is 122 Å². The van der Waals surface area contributed by atoms with Gasteiger partial charge in [-0.15, -0.1) is 11.6 Å². The molecule has 1 fully saturated rings. The molecule has 1 unspecified atom stereocenters. The van der Waals surface area contributed by atoms with Crippen molar-refractivity contribution in [3.8, 4) is 5.75 Å². The molecule has 1 heterocycles. The largest absolute Gasteiger partial charge is 0.433 e. The van der Waals surface area contributed by atoms with E-state index in [1.807, 2.05) is 0 Å². The minimum atomic E-state index is -2.94. The molecule has 1 aromatic rings. The smallest absolute Gasteiger partial charge is 0.387 e. The van der Waals surface area contributed by atoms with E-state index in [1.54, 1.807) is 12.1 Å². The van der Waals surface area contributed by atoms with E-state index < -0.39 is 6.61 Å². The molecule has 0 N–H and O–H groups in total. The first-order chi connectivity index (χ1) is 9.01. The Bertz CT molecular complexity index is 487. The zero-order valence-electron chi connectivity index (χ0n) is 9.78. The van der Waals surface area contributed by atoms with Crippen LogP contribution in [0.2, 0.25) is 0 Å². The van der Waals surface area contributed by atoms with E-state index in [0.717, 1.165) is 0 Å². The number of hydrogen-bond donors (Lipinski definition) is 0. The molecule has 0 saturated carbocycles. The summed E-state index contributed by atoms with van der Waals surface area (Å²) in [6.07, 6.45) is 0.327. The highest BCUT2D eigenvalue weighted by Gasteiger charge is 2.32. The number of amides is 1. The number of carbonyl (C=O) groups is 1. The maximum absolute atomic E-state index is 12.4. The van der Waals surface area contributed by atoms with E-state index in [0.29, 0.717) is 29.0 Å². The van der Waals surface area contributed by atoms with Crippen LogP contribution in [0, 0.1) is 5.92 Å². The third-order valence-corrected chi connectivity index (χ3v) is 3.78. The van der Waals surface area contributed by atoms with Crippen LogP contribution in [0.4, 0.5) is 14.5 Å². The Morgan fingerprint density at radius 2 is 2.26 bits per heavy atom. The molecule has 104 valence electrons. The fraction of sp³-hybridized carbons (Fsp3) is 0.417. The monoisotopic (exact) mass is 353 g/mol. The minimum absolute atomic E-state index is 0.0204. The molecule has 0 aliphatic carbocycles.